The molecule has 0 unspecified atom stereocenters. The molecule has 0 atom stereocenters. The lowest BCUT2D eigenvalue weighted by Gasteiger charge is -2.32. The van der Waals surface area contributed by atoms with Gasteiger partial charge in [-0.15, -0.1) is 0 Å². The molecule has 0 N–H and O–H groups in total. The fourth-order valence-corrected chi connectivity index (χ4v) is 3.80. The Kier molecular flexibility index (Phi) is 6.27. The Labute approximate surface area is 153 Å². The number of piperidine rings is 1. The summed E-state index contributed by atoms with van der Waals surface area (Å²) in [5.41, 5.74) is 2.75. The molecule has 1 fully saturated rings. The molecule has 0 saturated carbocycles. The van der Waals surface area contributed by atoms with E-state index >= 15 is 0 Å². The zero-order valence-corrected chi connectivity index (χ0v) is 15.8. The SMILES string of the molecule is COc1ccc(Br)c(CC2CCN(CCc3ccncc3)CC2)c1. The summed E-state index contributed by atoms with van der Waals surface area (Å²) in [7, 11) is 1.73. The molecule has 24 heavy (non-hydrogen) atoms. The average molecular weight is 389 g/mol. The number of nitrogens with zero attached hydrogens (tertiary/aromatic N) is 2. The normalized spacial score (nSPS) is 16.2. The summed E-state index contributed by atoms with van der Waals surface area (Å²) >= 11 is 3.68. The lowest BCUT2D eigenvalue weighted by Crippen LogP contribution is -2.35. The third kappa shape index (κ3) is 4.81. The number of hydrogen-bond donors (Lipinski definition) is 0. The van der Waals surface area contributed by atoms with Crippen molar-refractivity contribution in [2.75, 3.05) is 26.7 Å². The molecule has 2 aromatic rings. The van der Waals surface area contributed by atoms with Crippen LogP contribution in [0, 0.1) is 5.92 Å². The van der Waals surface area contributed by atoms with E-state index < -0.39 is 0 Å². The largest absolute Gasteiger partial charge is 0.497 e. The Morgan fingerprint density at radius 3 is 2.62 bits per heavy atom. The number of ether oxygens (including phenoxy) is 1. The van der Waals surface area contributed by atoms with Gasteiger partial charge < -0.3 is 9.64 Å². The lowest BCUT2D eigenvalue weighted by molar-refractivity contribution is 0.185. The molecule has 4 heteroatoms. The zero-order valence-electron chi connectivity index (χ0n) is 14.2. The van der Waals surface area contributed by atoms with Crippen LogP contribution in [-0.2, 0) is 12.8 Å². The fraction of sp³-hybridized carbons (Fsp3) is 0.450. The first-order valence-corrected chi connectivity index (χ1v) is 9.47. The highest BCUT2D eigenvalue weighted by Crippen LogP contribution is 2.28. The van der Waals surface area contributed by atoms with Gasteiger partial charge >= 0.3 is 0 Å². The summed E-state index contributed by atoms with van der Waals surface area (Å²) in [6, 6.07) is 10.5. The van der Waals surface area contributed by atoms with Gasteiger partial charge in [0, 0.05) is 23.4 Å². The van der Waals surface area contributed by atoms with Crippen molar-refractivity contribution in [3.05, 3.63) is 58.3 Å². The molecule has 1 saturated heterocycles. The summed E-state index contributed by atoms with van der Waals surface area (Å²) < 4.78 is 6.55. The third-order valence-corrected chi connectivity index (χ3v) is 5.71. The van der Waals surface area contributed by atoms with Crippen LogP contribution < -0.4 is 4.74 Å². The van der Waals surface area contributed by atoms with Gasteiger partial charge in [0.2, 0.25) is 0 Å². The van der Waals surface area contributed by atoms with Crippen LogP contribution in [0.4, 0.5) is 0 Å². The molecule has 0 spiro atoms. The van der Waals surface area contributed by atoms with E-state index in [0.29, 0.717) is 0 Å². The third-order valence-electron chi connectivity index (χ3n) is 4.93. The molecule has 1 aliphatic rings. The van der Waals surface area contributed by atoms with Crippen LogP contribution in [0.25, 0.3) is 0 Å². The molecule has 3 nitrogen and oxygen atoms in total. The van der Waals surface area contributed by atoms with E-state index in [4.69, 9.17) is 4.74 Å². The highest BCUT2D eigenvalue weighted by molar-refractivity contribution is 9.10. The highest BCUT2D eigenvalue weighted by atomic mass is 79.9. The van der Waals surface area contributed by atoms with Crippen LogP contribution >= 0.6 is 15.9 Å². The maximum atomic E-state index is 5.36. The van der Waals surface area contributed by atoms with Gasteiger partial charge in [0.25, 0.3) is 0 Å². The highest BCUT2D eigenvalue weighted by Gasteiger charge is 2.20. The molecule has 1 aromatic carbocycles. The predicted octanol–water partition coefficient (Wildman–Crippen LogP) is 4.35. The first-order valence-electron chi connectivity index (χ1n) is 8.68. The Morgan fingerprint density at radius 1 is 1.17 bits per heavy atom. The van der Waals surface area contributed by atoms with E-state index in [1.807, 2.05) is 18.5 Å². The topological polar surface area (TPSA) is 25.4 Å². The van der Waals surface area contributed by atoms with E-state index in [1.165, 1.54) is 41.5 Å². The summed E-state index contributed by atoms with van der Waals surface area (Å²) in [6.07, 6.45) is 8.58. The predicted molar refractivity (Wildman–Crippen MR) is 102 cm³/mol. The van der Waals surface area contributed by atoms with Crippen molar-refractivity contribution in [2.24, 2.45) is 5.92 Å². The Hall–Kier alpha value is -1.39. The Bertz CT molecular complexity index is 639. The van der Waals surface area contributed by atoms with Crippen LogP contribution in [0.1, 0.15) is 24.0 Å². The quantitative estimate of drug-likeness (QED) is 0.735. The van der Waals surface area contributed by atoms with E-state index in [9.17, 15) is 0 Å². The lowest BCUT2D eigenvalue weighted by atomic mass is 9.90. The summed E-state index contributed by atoms with van der Waals surface area (Å²) in [4.78, 5) is 6.68. The number of methoxy groups -OCH3 is 1. The molecular formula is C20H25BrN2O. The minimum absolute atomic E-state index is 0.769. The summed E-state index contributed by atoms with van der Waals surface area (Å²) in [6.45, 7) is 3.56. The average Bonchev–Trinajstić information content (AvgIpc) is 2.64. The van der Waals surface area contributed by atoms with Crippen LogP contribution in [0.15, 0.2) is 47.2 Å². The molecule has 2 heterocycles. The van der Waals surface area contributed by atoms with Crippen LogP contribution in [0.5, 0.6) is 5.75 Å². The van der Waals surface area contributed by atoms with Crippen molar-refractivity contribution in [3.8, 4) is 5.75 Å². The van der Waals surface area contributed by atoms with Gasteiger partial charge in [-0.2, -0.15) is 0 Å². The number of rotatable bonds is 6. The summed E-state index contributed by atoms with van der Waals surface area (Å²) in [5, 5.41) is 0. The van der Waals surface area contributed by atoms with Crippen molar-refractivity contribution in [1.82, 2.24) is 9.88 Å². The monoisotopic (exact) mass is 388 g/mol. The number of pyridine rings is 1. The molecule has 0 amide bonds. The molecule has 3 rings (SSSR count). The second-order valence-electron chi connectivity index (χ2n) is 6.55. The van der Waals surface area contributed by atoms with Gasteiger partial charge in [-0.05, 0) is 86.1 Å². The van der Waals surface area contributed by atoms with Crippen LogP contribution in [0.2, 0.25) is 0 Å². The number of hydrogen-bond acceptors (Lipinski definition) is 3. The van der Waals surface area contributed by atoms with Gasteiger partial charge in [0.1, 0.15) is 5.75 Å². The van der Waals surface area contributed by atoms with Gasteiger partial charge in [0.15, 0.2) is 0 Å². The minimum Gasteiger partial charge on any atom is -0.497 e. The van der Waals surface area contributed by atoms with Gasteiger partial charge in [-0.3, -0.25) is 4.98 Å². The number of aromatic nitrogens is 1. The van der Waals surface area contributed by atoms with Crippen LogP contribution in [0.3, 0.4) is 0 Å². The van der Waals surface area contributed by atoms with E-state index in [-0.39, 0.29) is 0 Å². The van der Waals surface area contributed by atoms with Crippen molar-refractivity contribution < 1.29 is 4.74 Å². The molecule has 128 valence electrons. The number of halogens is 1. The first kappa shape index (κ1) is 17.4. The van der Waals surface area contributed by atoms with Crippen molar-refractivity contribution in [1.29, 1.82) is 0 Å². The standard InChI is InChI=1S/C20H25BrN2O/c1-24-19-2-3-20(21)18(15-19)14-17-7-12-23(13-8-17)11-6-16-4-9-22-10-5-16/h2-5,9-10,15,17H,6-8,11-14H2,1H3. The van der Waals surface area contributed by atoms with Crippen LogP contribution in [-0.4, -0.2) is 36.6 Å². The molecular weight excluding hydrogens is 364 g/mol. The second kappa shape index (κ2) is 8.63. The minimum atomic E-state index is 0.769. The van der Waals surface area contributed by atoms with Crippen molar-refractivity contribution in [2.45, 2.75) is 25.7 Å². The fourth-order valence-electron chi connectivity index (χ4n) is 3.40. The van der Waals surface area contributed by atoms with E-state index in [2.05, 4.69) is 50.1 Å². The molecule has 0 radical (unpaired) electrons. The first-order chi connectivity index (χ1) is 11.7. The maximum absolute atomic E-state index is 5.36. The second-order valence-corrected chi connectivity index (χ2v) is 7.41. The van der Waals surface area contributed by atoms with Gasteiger partial charge in [-0.25, -0.2) is 0 Å². The van der Waals surface area contributed by atoms with E-state index in [1.54, 1.807) is 7.11 Å². The van der Waals surface area contributed by atoms with Gasteiger partial charge in [0.05, 0.1) is 7.11 Å². The molecule has 1 aromatic heterocycles. The Morgan fingerprint density at radius 2 is 1.92 bits per heavy atom. The molecule has 1 aliphatic heterocycles. The smallest absolute Gasteiger partial charge is 0.119 e. The number of likely N-dealkylation sites (tertiary alicyclic amines) is 1. The maximum Gasteiger partial charge on any atom is 0.119 e. The Balaban J connectivity index is 1.47. The van der Waals surface area contributed by atoms with Gasteiger partial charge in [-0.1, -0.05) is 15.9 Å². The van der Waals surface area contributed by atoms with Crippen molar-refractivity contribution in [3.63, 3.8) is 0 Å². The zero-order chi connectivity index (χ0) is 16.8. The summed E-state index contributed by atoms with van der Waals surface area (Å²) in [5.74, 6) is 1.72. The van der Waals surface area contributed by atoms with Crippen molar-refractivity contribution >= 4 is 15.9 Å². The van der Waals surface area contributed by atoms with E-state index in [0.717, 1.165) is 31.1 Å². The molecule has 0 bridgehead atoms. The number of benzene rings is 1. The molecule has 0 aliphatic carbocycles.